The molecule has 0 heterocycles. The number of rotatable bonds is 6. The summed E-state index contributed by atoms with van der Waals surface area (Å²) in [5, 5.41) is 0. The Morgan fingerprint density at radius 2 is 2.10 bits per heavy atom. The topological polar surface area (TPSA) is 9.23 Å². The first-order chi connectivity index (χ1) is 4.91. The predicted octanol–water partition coefficient (Wildman–Crippen LogP) is 1.39. The fourth-order valence-corrected chi connectivity index (χ4v) is 0.656. The van der Waals surface area contributed by atoms with E-state index < -0.39 is 0 Å². The highest BCUT2D eigenvalue weighted by molar-refractivity contribution is 6.08. The van der Waals surface area contributed by atoms with Crippen molar-refractivity contribution in [2.75, 3.05) is 13.2 Å². The van der Waals surface area contributed by atoms with Crippen LogP contribution in [0.25, 0.3) is 0 Å². The molecule has 0 aliphatic heterocycles. The van der Waals surface area contributed by atoms with Crippen molar-refractivity contribution in [3.05, 3.63) is 0 Å². The van der Waals surface area contributed by atoms with Crippen LogP contribution in [-0.4, -0.2) is 21.1 Å². The molecule has 0 spiro atoms. The first-order valence-corrected chi connectivity index (χ1v) is 3.63. The van der Waals surface area contributed by atoms with Gasteiger partial charge in [0.05, 0.1) is 7.85 Å². The Labute approximate surface area is 64.6 Å². The van der Waals surface area contributed by atoms with Crippen LogP contribution < -0.4 is 0 Å². The number of hydrogen-bond donors (Lipinski definition) is 0. The maximum Gasteiger partial charge on any atom is 0.107 e. The third-order valence-electron chi connectivity index (χ3n) is 1.18. The van der Waals surface area contributed by atoms with Crippen molar-refractivity contribution in [3.8, 4) is 12.3 Å². The average molecular weight is 136 g/mol. The predicted molar refractivity (Wildman–Crippen MR) is 44.1 cm³/mol. The zero-order chi connectivity index (χ0) is 7.66. The molecule has 0 aliphatic rings. The first-order valence-electron chi connectivity index (χ1n) is 3.63. The molecule has 0 aliphatic carbocycles. The quantitative estimate of drug-likeness (QED) is 0.304. The molecule has 0 saturated heterocycles. The molecule has 0 N–H and O–H groups in total. The third-order valence-corrected chi connectivity index (χ3v) is 1.18. The van der Waals surface area contributed by atoms with E-state index in [2.05, 4.69) is 5.92 Å². The molecule has 0 bridgehead atoms. The first kappa shape index (κ1) is 9.58. The molecule has 54 valence electrons. The van der Waals surface area contributed by atoms with E-state index in [1.165, 1.54) is 0 Å². The highest BCUT2D eigenvalue weighted by Gasteiger charge is 1.86. The summed E-state index contributed by atoms with van der Waals surface area (Å²) < 4.78 is 5.05. The fourth-order valence-electron chi connectivity index (χ4n) is 0.656. The Morgan fingerprint density at radius 1 is 1.30 bits per heavy atom. The number of hydrogen-bond acceptors (Lipinski definition) is 1. The average Bonchev–Trinajstić information content (AvgIpc) is 1.97. The minimum atomic E-state index is 0.433. The van der Waals surface area contributed by atoms with E-state index in [0.717, 1.165) is 32.2 Å². The van der Waals surface area contributed by atoms with Crippen LogP contribution in [-0.2, 0) is 4.74 Å². The minimum Gasteiger partial charge on any atom is -0.369 e. The van der Waals surface area contributed by atoms with Gasteiger partial charge in [-0.15, -0.1) is 6.42 Å². The van der Waals surface area contributed by atoms with Crippen molar-refractivity contribution in [1.29, 1.82) is 0 Å². The second-order valence-electron chi connectivity index (χ2n) is 2.11. The van der Waals surface area contributed by atoms with E-state index in [4.69, 9.17) is 19.0 Å². The molecule has 1 nitrogen and oxygen atoms in total. The lowest BCUT2D eigenvalue weighted by molar-refractivity contribution is 0.162. The van der Waals surface area contributed by atoms with Gasteiger partial charge in [-0.2, -0.15) is 0 Å². The summed E-state index contributed by atoms with van der Waals surface area (Å²) in [5.74, 6) is 2.41. The number of ether oxygens (including phenoxy) is 1. The van der Waals surface area contributed by atoms with E-state index in [0.29, 0.717) is 6.61 Å². The molecule has 0 atom stereocenters. The Hall–Kier alpha value is -0.415. The van der Waals surface area contributed by atoms with E-state index in [1.807, 2.05) is 0 Å². The van der Waals surface area contributed by atoms with Crippen molar-refractivity contribution in [2.24, 2.45) is 0 Å². The number of terminal acetylenes is 1. The summed E-state index contributed by atoms with van der Waals surface area (Å²) in [6.45, 7) is 1.20. The van der Waals surface area contributed by atoms with Crippen LogP contribution in [0.1, 0.15) is 19.3 Å². The van der Waals surface area contributed by atoms with Crippen LogP contribution in [0.4, 0.5) is 0 Å². The monoisotopic (exact) mass is 136 g/mol. The van der Waals surface area contributed by atoms with Gasteiger partial charge < -0.3 is 4.74 Å². The normalized spacial score (nSPS) is 9.10. The van der Waals surface area contributed by atoms with Gasteiger partial charge in [0.25, 0.3) is 0 Å². The highest BCUT2D eigenvalue weighted by Crippen LogP contribution is 1.97. The fraction of sp³-hybridized carbons (Fsp3) is 0.750. The maximum atomic E-state index is 5.30. The van der Waals surface area contributed by atoms with Gasteiger partial charge in [0.1, 0.15) is 6.61 Å². The van der Waals surface area contributed by atoms with Gasteiger partial charge in [-0.05, 0) is 6.42 Å². The molecule has 0 fully saturated rings. The summed E-state index contributed by atoms with van der Waals surface area (Å²) in [6, 6.07) is 0. The van der Waals surface area contributed by atoms with Crippen LogP contribution in [0.5, 0.6) is 0 Å². The molecule has 10 heavy (non-hydrogen) atoms. The largest absolute Gasteiger partial charge is 0.369 e. The summed E-state index contributed by atoms with van der Waals surface area (Å²) in [6.07, 6.45) is 9.04. The third kappa shape index (κ3) is 7.58. The molecule has 0 aromatic carbocycles. The van der Waals surface area contributed by atoms with Crippen LogP contribution in [0.15, 0.2) is 0 Å². The Morgan fingerprint density at radius 3 is 2.70 bits per heavy atom. The van der Waals surface area contributed by atoms with E-state index in [9.17, 15) is 0 Å². The van der Waals surface area contributed by atoms with E-state index >= 15 is 0 Å². The van der Waals surface area contributed by atoms with Crippen molar-refractivity contribution in [3.63, 3.8) is 0 Å². The zero-order valence-electron chi connectivity index (χ0n) is 6.31. The minimum absolute atomic E-state index is 0.433. The van der Waals surface area contributed by atoms with Gasteiger partial charge in [-0.3, -0.25) is 0 Å². The van der Waals surface area contributed by atoms with Crippen LogP contribution in [0.2, 0.25) is 6.32 Å². The maximum absolute atomic E-state index is 5.30. The lowest BCUT2D eigenvalue weighted by Gasteiger charge is -1.98. The second-order valence-corrected chi connectivity index (χ2v) is 2.11. The summed E-state index contributed by atoms with van der Waals surface area (Å²) in [4.78, 5) is 0. The Bertz CT molecular complexity index is 95.9. The summed E-state index contributed by atoms with van der Waals surface area (Å²) in [7, 11) is 5.30. The van der Waals surface area contributed by atoms with Crippen molar-refractivity contribution in [1.82, 2.24) is 0 Å². The SMILES string of the molecule is [B]CCCCCOCC#C. The van der Waals surface area contributed by atoms with Gasteiger partial charge in [0.15, 0.2) is 0 Å². The van der Waals surface area contributed by atoms with Crippen LogP contribution in [0, 0.1) is 12.3 Å². The molecular weight excluding hydrogens is 123 g/mol. The Kier molecular flexibility index (Phi) is 8.23. The van der Waals surface area contributed by atoms with Crippen molar-refractivity contribution < 1.29 is 4.74 Å². The molecule has 2 radical (unpaired) electrons. The van der Waals surface area contributed by atoms with Gasteiger partial charge in [0, 0.05) is 6.61 Å². The molecule has 2 heteroatoms. The summed E-state index contributed by atoms with van der Waals surface area (Å²) >= 11 is 0. The molecule has 0 unspecified atom stereocenters. The zero-order valence-corrected chi connectivity index (χ0v) is 6.31. The Balaban J connectivity index is 2.72. The molecule has 0 aromatic heterocycles. The van der Waals surface area contributed by atoms with E-state index in [1.54, 1.807) is 0 Å². The van der Waals surface area contributed by atoms with Gasteiger partial charge >= 0.3 is 0 Å². The molecule has 0 saturated carbocycles. The van der Waals surface area contributed by atoms with Gasteiger partial charge in [-0.25, -0.2) is 0 Å². The lowest BCUT2D eigenvalue weighted by Crippen LogP contribution is -1.93. The van der Waals surface area contributed by atoms with Gasteiger partial charge in [-0.1, -0.05) is 25.1 Å². The molecular formula is C8H13BO. The van der Waals surface area contributed by atoms with Crippen LogP contribution >= 0.6 is 0 Å². The van der Waals surface area contributed by atoms with Crippen molar-refractivity contribution in [2.45, 2.75) is 25.6 Å². The van der Waals surface area contributed by atoms with Gasteiger partial charge in [0.2, 0.25) is 0 Å². The molecule has 0 aromatic rings. The molecule has 0 rings (SSSR count). The smallest absolute Gasteiger partial charge is 0.107 e. The lowest BCUT2D eigenvalue weighted by atomic mass is 10.00. The standard InChI is InChI=1S/C8H13BO/c1-2-7-10-8-5-3-4-6-9/h1H,3-8H2. The van der Waals surface area contributed by atoms with Crippen LogP contribution in [0.3, 0.4) is 0 Å². The van der Waals surface area contributed by atoms with E-state index in [-0.39, 0.29) is 0 Å². The summed E-state index contributed by atoms with van der Waals surface area (Å²) in [5.41, 5.74) is 0. The second kappa shape index (κ2) is 8.58. The molecule has 0 amide bonds. The highest BCUT2D eigenvalue weighted by atomic mass is 16.5. The van der Waals surface area contributed by atoms with Crippen molar-refractivity contribution >= 4 is 7.85 Å². The number of unbranched alkanes of at least 4 members (excludes halogenated alkanes) is 2.